The van der Waals surface area contributed by atoms with Gasteiger partial charge in [0.2, 0.25) is 0 Å². The lowest BCUT2D eigenvalue weighted by Gasteiger charge is -2.04. The third kappa shape index (κ3) is 3.49. The summed E-state index contributed by atoms with van der Waals surface area (Å²) >= 11 is 7.45. The van der Waals surface area contributed by atoms with Crippen LogP contribution in [0.4, 0.5) is 0 Å². The van der Waals surface area contributed by atoms with Crippen molar-refractivity contribution in [1.82, 2.24) is 15.3 Å². The SMILES string of the molecule is CC(C)NCc1cnc(-c2ccc(Cl)cn2)s1. The molecule has 0 unspecified atom stereocenters. The molecule has 0 aromatic carbocycles. The molecule has 0 radical (unpaired) electrons. The first kappa shape index (κ1) is 12.5. The molecule has 0 spiro atoms. The van der Waals surface area contributed by atoms with Crippen molar-refractivity contribution in [3.63, 3.8) is 0 Å². The number of rotatable bonds is 4. The Morgan fingerprint density at radius 1 is 1.29 bits per heavy atom. The predicted molar refractivity (Wildman–Crippen MR) is 72.3 cm³/mol. The molecule has 0 aliphatic carbocycles. The summed E-state index contributed by atoms with van der Waals surface area (Å²) in [5, 5.41) is 4.94. The molecule has 2 rings (SSSR count). The fraction of sp³-hybridized carbons (Fsp3) is 0.333. The zero-order valence-electron chi connectivity index (χ0n) is 9.77. The first-order chi connectivity index (χ1) is 8.15. The van der Waals surface area contributed by atoms with Crippen molar-refractivity contribution in [3.05, 3.63) is 34.4 Å². The number of thiazole rings is 1. The second kappa shape index (κ2) is 5.58. The standard InChI is InChI=1S/C12H14ClN3S/c1-8(2)14-6-10-7-16-12(17-10)11-4-3-9(13)5-15-11/h3-5,7-8,14H,6H2,1-2H3. The Bertz CT molecular complexity index is 479. The van der Waals surface area contributed by atoms with Gasteiger partial charge in [0.1, 0.15) is 5.01 Å². The molecule has 0 saturated carbocycles. The van der Waals surface area contributed by atoms with Crippen LogP contribution in [0.25, 0.3) is 10.7 Å². The molecule has 1 N–H and O–H groups in total. The van der Waals surface area contributed by atoms with E-state index in [4.69, 9.17) is 11.6 Å². The van der Waals surface area contributed by atoms with Crippen molar-refractivity contribution in [2.75, 3.05) is 0 Å². The normalized spacial score (nSPS) is 11.1. The average Bonchev–Trinajstić information content (AvgIpc) is 2.76. The zero-order valence-corrected chi connectivity index (χ0v) is 11.3. The van der Waals surface area contributed by atoms with E-state index in [1.165, 1.54) is 4.88 Å². The number of hydrogen-bond donors (Lipinski definition) is 1. The van der Waals surface area contributed by atoms with Gasteiger partial charge in [0.15, 0.2) is 0 Å². The molecule has 0 amide bonds. The molecule has 0 aliphatic rings. The number of nitrogens with zero attached hydrogens (tertiary/aromatic N) is 2. The van der Waals surface area contributed by atoms with E-state index >= 15 is 0 Å². The summed E-state index contributed by atoms with van der Waals surface area (Å²) < 4.78 is 0. The maximum absolute atomic E-state index is 5.80. The van der Waals surface area contributed by atoms with Crippen LogP contribution < -0.4 is 5.32 Å². The molecular weight excluding hydrogens is 254 g/mol. The molecule has 2 aromatic rings. The Kier molecular flexibility index (Phi) is 4.10. The van der Waals surface area contributed by atoms with Crippen LogP contribution >= 0.6 is 22.9 Å². The molecule has 0 aliphatic heterocycles. The van der Waals surface area contributed by atoms with Crippen LogP contribution in [0.2, 0.25) is 5.02 Å². The molecule has 17 heavy (non-hydrogen) atoms. The first-order valence-electron chi connectivity index (χ1n) is 5.45. The molecule has 0 saturated heterocycles. The maximum atomic E-state index is 5.80. The smallest absolute Gasteiger partial charge is 0.142 e. The van der Waals surface area contributed by atoms with Crippen LogP contribution in [0.5, 0.6) is 0 Å². The molecule has 2 aromatic heterocycles. The molecule has 90 valence electrons. The summed E-state index contributed by atoms with van der Waals surface area (Å²) in [6.45, 7) is 5.11. The number of aromatic nitrogens is 2. The topological polar surface area (TPSA) is 37.8 Å². The van der Waals surface area contributed by atoms with Gasteiger partial charge in [-0.25, -0.2) is 4.98 Å². The summed E-state index contributed by atoms with van der Waals surface area (Å²) in [7, 11) is 0. The van der Waals surface area contributed by atoms with Crippen molar-refractivity contribution in [3.8, 4) is 10.7 Å². The van der Waals surface area contributed by atoms with Gasteiger partial charge < -0.3 is 5.32 Å². The highest BCUT2D eigenvalue weighted by molar-refractivity contribution is 7.14. The van der Waals surface area contributed by atoms with E-state index in [-0.39, 0.29) is 0 Å². The number of nitrogens with one attached hydrogen (secondary N) is 1. The first-order valence-corrected chi connectivity index (χ1v) is 6.64. The van der Waals surface area contributed by atoms with E-state index in [9.17, 15) is 0 Å². The zero-order chi connectivity index (χ0) is 12.3. The van der Waals surface area contributed by atoms with Gasteiger partial charge in [-0.3, -0.25) is 4.98 Å². The van der Waals surface area contributed by atoms with Gasteiger partial charge in [0.05, 0.1) is 10.7 Å². The molecule has 0 atom stereocenters. The minimum absolute atomic E-state index is 0.481. The van der Waals surface area contributed by atoms with Crippen LogP contribution in [0.15, 0.2) is 24.5 Å². The summed E-state index contributed by atoms with van der Waals surface area (Å²) in [4.78, 5) is 9.83. The van der Waals surface area contributed by atoms with Gasteiger partial charge in [0, 0.05) is 29.9 Å². The quantitative estimate of drug-likeness (QED) is 0.923. The average molecular weight is 268 g/mol. The van der Waals surface area contributed by atoms with Crippen molar-refractivity contribution < 1.29 is 0 Å². The lowest BCUT2D eigenvalue weighted by Crippen LogP contribution is -2.21. The molecule has 0 bridgehead atoms. The number of halogens is 1. The fourth-order valence-corrected chi connectivity index (χ4v) is 2.27. The third-order valence-electron chi connectivity index (χ3n) is 2.18. The molecule has 0 fully saturated rings. The Labute approximate surface area is 110 Å². The van der Waals surface area contributed by atoms with Gasteiger partial charge in [-0.15, -0.1) is 11.3 Å². The van der Waals surface area contributed by atoms with E-state index in [0.717, 1.165) is 17.2 Å². The lowest BCUT2D eigenvalue weighted by molar-refractivity contribution is 0.593. The summed E-state index contributed by atoms with van der Waals surface area (Å²) in [6.07, 6.45) is 3.54. The van der Waals surface area contributed by atoms with Crippen molar-refractivity contribution in [1.29, 1.82) is 0 Å². The molecule has 2 heterocycles. The predicted octanol–water partition coefficient (Wildman–Crippen LogP) is 3.36. The van der Waals surface area contributed by atoms with Crippen LogP contribution in [0, 0.1) is 0 Å². The summed E-state index contributed by atoms with van der Waals surface area (Å²) in [5.74, 6) is 0. The van der Waals surface area contributed by atoms with Crippen LogP contribution in [0.3, 0.4) is 0 Å². The van der Waals surface area contributed by atoms with E-state index in [2.05, 4.69) is 29.1 Å². The van der Waals surface area contributed by atoms with Gasteiger partial charge in [-0.05, 0) is 12.1 Å². The minimum Gasteiger partial charge on any atom is -0.310 e. The monoisotopic (exact) mass is 267 g/mol. The number of hydrogen-bond acceptors (Lipinski definition) is 4. The Hall–Kier alpha value is -0.970. The Morgan fingerprint density at radius 2 is 2.12 bits per heavy atom. The molecular formula is C12H14ClN3S. The minimum atomic E-state index is 0.481. The van der Waals surface area contributed by atoms with Crippen molar-refractivity contribution in [2.45, 2.75) is 26.4 Å². The van der Waals surface area contributed by atoms with Gasteiger partial charge in [0.25, 0.3) is 0 Å². The summed E-state index contributed by atoms with van der Waals surface area (Å²) in [5.41, 5.74) is 0.871. The van der Waals surface area contributed by atoms with Gasteiger partial charge >= 0.3 is 0 Å². The van der Waals surface area contributed by atoms with Gasteiger partial charge in [-0.1, -0.05) is 25.4 Å². The largest absolute Gasteiger partial charge is 0.310 e. The highest BCUT2D eigenvalue weighted by Crippen LogP contribution is 2.24. The highest BCUT2D eigenvalue weighted by Gasteiger charge is 2.06. The van der Waals surface area contributed by atoms with E-state index in [0.29, 0.717) is 11.1 Å². The Balaban J connectivity index is 2.10. The maximum Gasteiger partial charge on any atom is 0.142 e. The van der Waals surface area contributed by atoms with E-state index in [1.54, 1.807) is 17.5 Å². The lowest BCUT2D eigenvalue weighted by atomic mass is 10.4. The second-order valence-electron chi connectivity index (χ2n) is 4.03. The fourth-order valence-electron chi connectivity index (χ4n) is 1.31. The molecule has 3 nitrogen and oxygen atoms in total. The number of pyridine rings is 1. The summed E-state index contributed by atoms with van der Waals surface area (Å²) in [6, 6.07) is 4.20. The van der Waals surface area contributed by atoms with Crippen molar-refractivity contribution in [2.24, 2.45) is 0 Å². The van der Waals surface area contributed by atoms with Crippen LogP contribution in [-0.4, -0.2) is 16.0 Å². The van der Waals surface area contributed by atoms with Crippen LogP contribution in [0.1, 0.15) is 18.7 Å². The third-order valence-corrected chi connectivity index (χ3v) is 3.43. The van der Waals surface area contributed by atoms with E-state index < -0.39 is 0 Å². The van der Waals surface area contributed by atoms with E-state index in [1.807, 2.05) is 18.3 Å². The van der Waals surface area contributed by atoms with Crippen molar-refractivity contribution >= 4 is 22.9 Å². The van der Waals surface area contributed by atoms with Crippen LogP contribution in [-0.2, 0) is 6.54 Å². The Morgan fingerprint density at radius 3 is 2.76 bits per heavy atom. The van der Waals surface area contributed by atoms with Gasteiger partial charge in [-0.2, -0.15) is 0 Å². The molecule has 5 heteroatoms. The highest BCUT2D eigenvalue weighted by atomic mass is 35.5. The second-order valence-corrected chi connectivity index (χ2v) is 5.58.